The van der Waals surface area contributed by atoms with Gasteiger partial charge in [0.15, 0.2) is 0 Å². The average molecular weight is 346 g/mol. The van der Waals surface area contributed by atoms with Gasteiger partial charge in [-0.05, 0) is 20.8 Å². The highest BCUT2D eigenvalue weighted by molar-refractivity contribution is 5.79. The molecule has 0 atom stereocenters. The van der Waals surface area contributed by atoms with Crippen molar-refractivity contribution in [3.8, 4) is 0 Å². The van der Waals surface area contributed by atoms with Crippen LogP contribution in [0.4, 0.5) is 0 Å². The minimum atomic E-state index is 0.0728. The molecule has 25 heavy (non-hydrogen) atoms. The fourth-order valence-corrected chi connectivity index (χ4v) is 3.37. The monoisotopic (exact) mass is 346 g/mol. The second-order valence-corrected chi connectivity index (χ2v) is 6.86. The maximum absolute atomic E-state index is 12.5. The quantitative estimate of drug-likeness (QED) is 0.834. The Kier molecular flexibility index (Phi) is 4.78. The van der Waals surface area contributed by atoms with Crippen LogP contribution in [0.25, 0.3) is 11.0 Å². The first-order chi connectivity index (χ1) is 11.9. The van der Waals surface area contributed by atoms with Gasteiger partial charge in [-0.1, -0.05) is 0 Å². The number of piperazine rings is 1. The van der Waals surface area contributed by atoms with Gasteiger partial charge in [-0.25, -0.2) is 0 Å². The number of aromatic nitrogens is 4. The summed E-state index contributed by atoms with van der Waals surface area (Å²) >= 11 is 0. The van der Waals surface area contributed by atoms with Crippen molar-refractivity contribution in [1.29, 1.82) is 0 Å². The summed E-state index contributed by atoms with van der Waals surface area (Å²) in [5, 5.41) is 9.02. The zero-order chi connectivity index (χ0) is 18.1. The van der Waals surface area contributed by atoms with E-state index in [2.05, 4.69) is 24.0 Å². The summed E-state index contributed by atoms with van der Waals surface area (Å²) in [6, 6.07) is 0.271. The molecule has 2 amide bonds. The predicted molar refractivity (Wildman–Crippen MR) is 94.1 cm³/mol. The summed E-state index contributed by atoms with van der Waals surface area (Å²) in [7, 11) is 0. The fourth-order valence-electron chi connectivity index (χ4n) is 3.37. The first-order valence-electron chi connectivity index (χ1n) is 8.82. The number of hydrogen-bond acceptors (Lipinski definition) is 4. The van der Waals surface area contributed by atoms with Gasteiger partial charge in [0.05, 0.1) is 18.4 Å². The molecule has 0 unspecified atom stereocenters. The molecule has 2 aromatic rings. The molecule has 3 heterocycles. The van der Waals surface area contributed by atoms with Gasteiger partial charge in [-0.3, -0.25) is 19.0 Å². The van der Waals surface area contributed by atoms with Crippen LogP contribution in [0.15, 0.2) is 6.20 Å². The third-order valence-corrected chi connectivity index (χ3v) is 4.77. The van der Waals surface area contributed by atoms with Gasteiger partial charge in [-0.15, -0.1) is 0 Å². The Balaban J connectivity index is 1.63. The topological polar surface area (TPSA) is 76.3 Å². The molecular weight excluding hydrogens is 320 g/mol. The largest absolute Gasteiger partial charge is 0.339 e. The van der Waals surface area contributed by atoms with Gasteiger partial charge in [0.1, 0.15) is 11.0 Å². The van der Waals surface area contributed by atoms with E-state index in [0.717, 1.165) is 16.7 Å². The number of amides is 2. The number of carbonyl (C=O) groups excluding carboxylic acids is 2. The molecule has 0 N–H and O–H groups in total. The molecule has 1 saturated heterocycles. The Bertz CT molecular complexity index is 783. The average Bonchev–Trinajstić information content (AvgIpc) is 3.14. The minimum Gasteiger partial charge on any atom is -0.339 e. The van der Waals surface area contributed by atoms with E-state index in [1.165, 1.54) is 0 Å². The summed E-state index contributed by atoms with van der Waals surface area (Å²) < 4.78 is 3.84. The molecule has 0 radical (unpaired) electrons. The third kappa shape index (κ3) is 3.38. The Morgan fingerprint density at radius 1 is 1.16 bits per heavy atom. The molecular formula is C17H26N6O2. The molecule has 0 spiro atoms. The van der Waals surface area contributed by atoms with E-state index in [1.54, 1.807) is 11.8 Å². The van der Waals surface area contributed by atoms with E-state index in [0.29, 0.717) is 39.1 Å². The lowest BCUT2D eigenvalue weighted by atomic mass is 10.2. The summed E-state index contributed by atoms with van der Waals surface area (Å²) in [5.74, 6) is 0.185. The van der Waals surface area contributed by atoms with Crippen LogP contribution in [-0.2, 0) is 16.1 Å². The van der Waals surface area contributed by atoms with Crippen molar-refractivity contribution in [2.24, 2.45) is 0 Å². The number of hydrogen-bond donors (Lipinski definition) is 0. The Morgan fingerprint density at radius 2 is 1.80 bits per heavy atom. The minimum absolute atomic E-state index is 0.0728. The molecule has 0 aliphatic carbocycles. The van der Waals surface area contributed by atoms with Crippen molar-refractivity contribution in [1.82, 2.24) is 29.4 Å². The van der Waals surface area contributed by atoms with Crippen molar-refractivity contribution >= 4 is 22.8 Å². The Hall–Kier alpha value is -2.38. The third-order valence-electron chi connectivity index (χ3n) is 4.77. The maximum Gasteiger partial charge on any atom is 0.224 e. The normalized spacial score (nSPS) is 15.4. The van der Waals surface area contributed by atoms with E-state index in [9.17, 15) is 9.59 Å². The highest BCUT2D eigenvalue weighted by atomic mass is 16.2. The van der Waals surface area contributed by atoms with Crippen LogP contribution in [0.1, 0.15) is 38.9 Å². The highest BCUT2D eigenvalue weighted by Crippen LogP contribution is 2.21. The molecule has 1 aliphatic heterocycles. The highest BCUT2D eigenvalue weighted by Gasteiger charge is 2.22. The zero-order valence-electron chi connectivity index (χ0n) is 15.4. The number of fused-ring (bicyclic) bond motifs is 1. The number of rotatable bonds is 4. The summed E-state index contributed by atoms with van der Waals surface area (Å²) in [5.41, 5.74) is 2.95. The first kappa shape index (κ1) is 17.4. The van der Waals surface area contributed by atoms with Crippen LogP contribution in [0.3, 0.4) is 0 Å². The molecule has 1 aliphatic rings. The lowest BCUT2D eigenvalue weighted by Crippen LogP contribution is -2.50. The van der Waals surface area contributed by atoms with Crippen molar-refractivity contribution in [2.75, 3.05) is 26.2 Å². The predicted octanol–water partition coefficient (Wildman–Crippen LogP) is 1.20. The van der Waals surface area contributed by atoms with E-state index >= 15 is 0 Å². The van der Waals surface area contributed by atoms with Crippen LogP contribution in [0, 0.1) is 6.92 Å². The van der Waals surface area contributed by atoms with Crippen molar-refractivity contribution in [3.63, 3.8) is 0 Å². The molecule has 0 bridgehead atoms. The summed E-state index contributed by atoms with van der Waals surface area (Å²) in [6.07, 6.45) is 2.23. The van der Waals surface area contributed by atoms with Gasteiger partial charge in [0, 0.05) is 45.6 Å². The molecule has 3 rings (SSSR count). The van der Waals surface area contributed by atoms with Gasteiger partial charge in [-0.2, -0.15) is 10.2 Å². The van der Waals surface area contributed by atoms with Crippen molar-refractivity contribution < 1.29 is 9.59 Å². The van der Waals surface area contributed by atoms with Crippen LogP contribution in [0.2, 0.25) is 0 Å². The van der Waals surface area contributed by atoms with Crippen LogP contribution < -0.4 is 0 Å². The Morgan fingerprint density at radius 3 is 2.40 bits per heavy atom. The van der Waals surface area contributed by atoms with Crippen LogP contribution in [0.5, 0.6) is 0 Å². The molecule has 8 nitrogen and oxygen atoms in total. The second-order valence-electron chi connectivity index (χ2n) is 6.86. The lowest BCUT2D eigenvalue weighted by Gasteiger charge is -2.34. The van der Waals surface area contributed by atoms with Crippen molar-refractivity contribution in [3.05, 3.63) is 11.9 Å². The molecule has 1 fully saturated rings. The summed E-state index contributed by atoms with van der Waals surface area (Å²) in [4.78, 5) is 27.5. The van der Waals surface area contributed by atoms with Crippen molar-refractivity contribution in [2.45, 2.75) is 46.7 Å². The Labute approximate surface area is 147 Å². The first-order valence-corrected chi connectivity index (χ1v) is 8.82. The number of carbonyl (C=O) groups is 2. The molecule has 0 saturated carbocycles. The molecule has 2 aromatic heterocycles. The SMILES string of the molecule is CC(=O)N1CCN(C(=O)CCn2ncc3c2c(C)nn3C(C)C)CC1. The lowest BCUT2D eigenvalue weighted by molar-refractivity contribution is -0.138. The second kappa shape index (κ2) is 6.85. The molecule has 0 aromatic carbocycles. The molecule has 136 valence electrons. The molecule has 8 heteroatoms. The standard InChI is InChI=1S/C17H26N6O2/c1-12(2)23-15-11-18-22(17(15)13(3)19-23)6-5-16(25)21-9-7-20(8-10-21)14(4)24/h11-12H,5-10H2,1-4H3. The van der Waals surface area contributed by atoms with Gasteiger partial charge in [0.2, 0.25) is 11.8 Å². The van der Waals surface area contributed by atoms with Crippen LogP contribution >= 0.6 is 0 Å². The maximum atomic E-state index is 12.5. The van der Waals surface area contributed by atoms with E-state index < -0.39 is 0 Å². The van der Waals surface area contributed by atoms with Gasteiger partial charge in [0.25, 0.3) is 0 Å². The van der Waals surface area contributed by atoms with E-state index in [-0.39, 0.29) is 17.9 Å². The number of aryl methyl sites for hydroxylation is 2. The van der Waals surface area contributed by atoms with E-state index in [1.807, 2.05) is 27.4 Å². The smallest absolute Gasteiger partial charge is 0.224 e. The fraction of sp³-hybridized carbons (Fsp3) is 0.647. The van der Waals surface area contributed by atoms with Gasteiger partial charge >= 0.3 is 0 Å². The summed E-state index contributed by atoms with van der Waals surface area (Å²) in [6.45, 7) is 10.7. The van der Waals surface area contributed by atoms with Gasteiger partial charge < -0.3 is 9.80 Å². The van der Waals surface area contributed by atoms with E-state index in [4.69, 9.17) is 0 Å². The van der Waals surface area contributed by atoms with Crippen LogP contribution in [-0.4, -0.2) is 67.4 Å². The number of nitrogens with zero attached hydrogens (tertiary/aromatic N) is 6. The zero-order valence-corrected chi connectivity index (χ0v) is 15.4.